The molecule has 0 bridgehead atoms. The van der Waals surface area contributed by atoms with Gasteiger partial charge in [0.15, 0.2) is 0 Å². The van der Waals surface area contributed by atoms with E-state index in [1.165, 1.54) is 0 Å². The summed E-state index contributed by atoms with van der Waals surface area (Å²) >= 11 is 3.31. The molecule has 0 aliphatic carbocycles. The van der Waals surface area contributed by atoms with E-state index in [-0.39, 0.29) is 5.92 Å². The van der Waals surface area contributed by atoms with Gasteiger partial charge in [0.25, 0.3) is 0 Å². The zero-order chi connectivity index (χ0) is 10.9. The van der Waals surface area contributed by atoms with Crippen LogP contribution in [-0.2, 0) is 0 Å². The summed E-state index contributed by atoms with van der Waals surface area (Å²) in [5, 5.41) is 9.47. The quantitative estimate of drug-likeness (QED) is 0.585. The van der Waals surface area contributed by atoms with E-state index in [0.717, 1.165) is 23.9 Å². The van der Waals surface area contributed by atoms with Crippen LogP contribution in [0.1, 0.15) is 12.8 Å². The summed E-state index contributed by atoms with van der Waals surface area (Å²) in [6.07, 6.45) is 1.80. The lowest BCUT2D eigenvalue weighted by Gasteiger charge is -2.07. The number of alkyl halides is 1. The summed E-state index contributed by atoms with van der Waals surface area (Å²) in [4.78, 5) is 0. The third-order valence-corrected chi connectivity index (χ3v) is 2.86. The zero-order valence-corrected chi connectivity index (χ0v) is 10.1. The highest BCUT2D eigenvalue weighted by Crippen LogP contribution is 2.11. The molecule has 0 heterocycles. The molecule has 0 saturated carbocycles. The Balaban J connectivity index is 2.15. The molecule has 0 spiro atoms. The fraction of sp³-hybridized carbons (Fsp3) is 0.417. The molecule has 15 heavy (non-hydrogen) atoms. The van der Waals surface area contributed by atoms with Crippen molar-refractivity contribution in [2.45, 2.75) is 12.8 Å². The van der Waals surface area contributed by atoms with E-state index in [9.17, 15) is 0 Å². The predicted molar refractivity (Wildman–Crippen MR) is 64.1 cm³/mol. The van der Waals surface area contributed by atoms with Crippen molar-refractivity contribution in [3.05, 3.63) is 30.3 Å². The number of nitriles is 1. The first-order valence-corrected chi connectivity index (χ1v) is 6.12. The van der Waals surface area contributed by atoms with Crippen molar-refractivity contribution in [2.75, 3.05) is 11.9 Å². The molecule has 2 nitrogen and oxygen atoms in total. The summed E-state index contributed by atoms with van der Waals surface area (Å²) in [6, 6.07) is 12.0. The topological polar surface area (TPSA) is 33.0 Å². The monoisotopic (exact) mass is 267 g/mol. The Morgan fingerprint density at radius 2 is 2.07 bits per heavy atom. The predicted octanol–water partition coefficient (Wildman–Crippen LogP) is 3.38. The van der Waals surface area contributed by atoms with Crippen LogP contribution in [0.2, 0.25) is 0 Å². The lowest BCUT2D eigenvalue weighted by atomic mass is 10.1. The summed E-state index contributed by atoms with van der Waals surface area (Å²) in [5.74, 6) is 0.995. The van der Waals surface area contributed by atoms with Crippen molar-refractivity contribution < 1.29 is 4.74 Å². The van der Waals surface area contributed by atoms with Crippen LogP contribution < -0.4 is 4.74 Å². The van der Waals surface area contributed by atoms with Crippen LogP contribution in [0.15, 0.2) is 30.3 Å². The fourth-order valence-corrected chi connectivity index (χ4v) is 1.68. The van der Waals surface area contributed by atoms with Crippen LogP contribution in [0.4, 0.5) is 0 Å². The van der Waals surface area contributed by atoms with Crippen molar-refractivity contribution in [2.24, 2.45) is 5.92 Å². The number of ether oxygens (including phenoxy) is 1. The molecule has 1 aromatic carbocycles. The van der Waals surface area contributed by atoms with E-state index >= 15 is 0 Å². The van der Waals surface area contributed by atoms with Gasteiger partial charge < -0.3 is 4.74 Å². The number of hydrogen-bond acceptors (Lipinski definition) is 2. The van der Waals surface area contributed by atoms with Gasteiger partial charge in [-0.25, -0.2) is 0 Å². The molecular formula is C12H14BrNO. The summed E-state index contributed by atoms with van der Waals surface area (Å²) in [7, 11) is 0. The standard InChI is InChI=1S/C12H14BrNO/c13-9-11(10-14)5-4-8-15-12-6-2-1-3-7-12/h1-3,6-7,11H,4-5,8-9H2. The molecule has 1 aromatic rings. The SMILES string of the molecule is N#CC(CBr)CCCOc1ccccc1. The van der Waals surface area contributed by atoms with E-state index in [1.807, 2.05) is 30.3 Å². The Morgan fingerprint density at radius 1 is 1.33 bits per heavy atom. The maximum atomic E-state index is 8.72. The molecule has 1 atom stereocenters. The Hall–Kier alpha value is -1.01. The molecule has 0 aliphatic rings. The lowest BCUT2D eigenvalue weighted by molar-refractivity contribution is 0.302. The normalized spacial score (nSPS) is 11.7. The van der Waals surface area contributed by atoms with Crippen LogP contribution in [0.5, 0.6) is 5.75 Å². The van der Waals surface area contributed by atoms with Gasteiger partial charge in [0.05, 0.1) is 18.6 Å². The van der Waals surface area contributed by atoms with E-state index in [1.54, 1.807) is 0 Å². The van der Waals surface area contributed by atoms with Crippen LogP contribution in [0, 0.1) is 17.2 Å². The molecule has 0 fully saturated rings. The largest absolute Gasteiger partial charge is 0.494 e. The van der Waals surface area contributed by atoms with Gasteiger partial charge in [0.2, 0.25) is 0 Å². The van der Waals surface area contributed by atoms with Crippen molar-refractivity contribution >= 4 is 15.9 Å². The fourth-order valence-electron chi connectivity index (χ4n) is 1.21. The Labute approximate surface area is 99.0 Å². The molecule has 3 heteroatoms. The average Bonchev–Trinajstić information content (AvgIpc) is 2.31. The van der Waals surface area contributed by atoms with Crippen molar-refractivity contribution in [1.29, 1.82) is 5.26 Å². The highest BCUT2D eigenvalue weighted by molar-refractivity contribution is 9.09. The molecule has 0 aliphatic heterocycles. The minimum Gasteiger partial charge on any atom is -0.494 e. The molecule has 0 aromatic heterocycles. The molecule has 1 rings (SSSR count). The van der Waals surface area contributed by atoms with Crippen molar-refractivity contribution in [3.8, 4) is 11.8 Å². The maximum absolute atomic E-state index is 8.72. The number of nitrogens with zero attached hydrogens (tertiary/aromatic N) is 1. The molecular weight excluding hydrogens is 254 g/mol. The molecule has 0 amide bonds. The third-order valence-electron chi connectivity index (χ3n) is 2.08. The van der Waals surface area contributed by atoms with Crippen LogP contribution in [-0.4, -0.2) is 11.9 Å². The van der Waals surface area contributed by atoms with Crippen molar-refractivity contribution in [3.63, 3.8) is 0 Å². The van der Waals surface area contributed by atoms with E-state index in [0.29, 0.717) is 6.61 Å². The first kappa shape index (κ1) is 12.1. The van der Waals surface area contributed by atoms with Gasteiger partial charge in [-0.2, -0.15) is 5.26 Å². The second-order valence-corrected chi connectivity index (χ2v) is 3.93. The van der Waals surface area contributed by atoms with Crippen LogP contribution in [0.25, 0.3) is 0 Å². The summed E-state index contributed by atoms with van der Waals surface area (Å²) in [5.41, 5.74) is 0. The summed E-state index contributed by atoms with van der Waals surface area (Å²) in [6.45, 7) is 0.676. The van der Waals surface area contributed by atoms with Gasteiger partial charge in [-0.1, -0.05) is 34.1 Å². The van der Waals surface area contributed by atoms with E-state index < -0.39 is 0 Å². The smallest absolute Gasteiger partial charge is 0.119 e. The number of halogens is 1. The second kappa shape index (κ2) is 7.30. The lowest BCUT2D eigenvalue weighted by Crippen LogP contribution is -2.03. The third kappa shape index (κ3) is 4.85. The van der Waals surface area contributed by atoms with Gasteiger partial charge in [-0.3, -0.25) is 0 Å². The molecule has 0 radical (unpaired) electrons. The molecule has 0 N–H and O–H groups in total. The zero-order valence-electron chi connectivity index (χ0n) is 8.53. The number of rotatable bonds is 6. The van der Waals surface area contributed by atoms with Gasteiger partial charge in [-0.05, 0) is 25.0 Å². The molecule has 80 valence electrons. The average molecular weight is 268 g/mol. The minimum atomic E-state index is 0.101. The van der Waals surface area contributed by atoms with Gasteiger partial charge >= 0.3 is 0 Å². The molecule has 1 unspecified atom stereocenters. The first-order valence-electron chi connectivity index (χ1n) is 5.00. The Bertz CT molecular complexity index is 307. The maximum Gasteiger partial charge on any atom is 0.119 e. The van der Waals surface area contributed by atoms with Crippen molar-refractivity contribution in [1.82, 2.24) is 0 Å². The van der Waals surface area contributed by atoms with Gasteiger partial charge in [0.1, 0.15) is 5.75 Å². The van der Waals surface area contributed by atoms with Gasteiger partial charge in [-0.15, -0.1) is 0 Å². The van der Waals surface area contributed by atoms with Gasteiger partial charge in [0, 0.05) is 5.33 Å². The van der Waals surface area contributed by atoms with E-state index in [4.69, 9.17) is 10.00 Å². The van der Waals surface area contributed by atoms with E-state index in [2.05, 4.69) is 22.0 Å². The Kier molecular flexibility index (Phi) is 5.87. The van der Waals surface area contributed by atoms with Crippen LogP contribution in [0.3, 0.4) is 0 Å². The summed E-state index contributed by atoms with van der Waals surface area (Å²) < 4.78 is 5.52. The number of para-hydroxylation sites is 1. The number of benzene rings is 1. The minimum absolute atomic E-state index is 0.101. The highest BCUT2D eigenvalue weighted by atomic mass is 79.9. The number of hydrogen-bond donors (Lipinski definition) is 0. The molecule has 0 saturated heterocycles. The second-order valence-electron chi connectivity index (χ2n) is 3.28. The van der Waals surface area contributed by atoms with Crippen LogP contribution >= 0.6 is 15.9 Å². The first-order chi connectivity index (χ1) is 7.36. The Morgan fingerprint density at radius 3 is 2.67 bits per heavy atom. The highest BCUT2D eigenvalue weighted by Gasteiger charge is 2.04.